The van der Waals surface area contributed by atoms with Gasteiger partial charge in [-0.2, -0.15) is 0 Å². The fourth-order valence-corrected chi connectivity index (χ4v) is 4.83. The van der Waals surface area contributed by atoms with Gasteiger partial charge in [-0.25, -0.2) is 13.4 Å². The molecule has 6 nitrogen and oxygen atoms in total. The van der Waals surface area contributed by atoms with Crippen molar-refractivity contribution in [2.24, 2.45) is 0 Å². The maximum atomic E-state index is 12.3. The number of nitrogens with one attached hydrogen (secondary N) is 1. The lowest BCUT2D eigenvalue weighted by Crippen LogP contribution is -2.23. The van der Waals surface area contributed by atoms with E-state index in [1.54, 1.807) is 31.4 Å². The number of carbonyl (C=O) groups is 1. The van der Waals surface area contributed by atoms with E-state index in [0.717, 1.165) is 21.9 Å². The Bertz CT molecular complexity index is 1060. The second-order valence-corrected chi connectivity index (χ2v) is 9.49. The number of rotatable bonds is 7. The number of carbonyl (C=O) groups excluding carboxylic acids is 1. The lowest BCUT2D eigenvalue weighted by Gasteiger charge is -2.04. The molecule has 2 aromatic carbocycles. The number of hydrogen-bond donors (Lipinski definition) is 1. The molecule has 0 bridgehead atoms. The highest BCUT2D eigenvalue weighted by Gasteiger charge is 2.19. The average molecular weight is 417 g/mol. The van der Waals surface area contributed by atoms with E-state index in [2.05, 4.69) is 10.3 Å². The van der Waals surface area contributed by atoms with Crippen LogP contribution in [0.1, 0.15) is 10.4 Å². The summed E-state index contributed by atoms with van der Waals surface area (Å²) in [6.07, 6.45) is 0. The lowest BCUT2D eigenvalue weighted by molar-refractivity contribution is -0.113. The van der Waals surface area contributed by atoms with E-state index in [0.29, 0.717) is 10.7 Å². The Kier molecular flexibility index (Phi) is 6.11. The molecular formula is C20H20N2O4S2. The number of sulfone groups is 1. The van der Waals surface area contributed by atoms with Crippen molar-refractivity contribution in [1.29, 1.82) is 0 Å². The van der Waals surface area contributed by atoms with E-state index in [1.165, 1.54) is 11.3 Å². The van der Waals surface area contributed by atoms with Gasteiger partial charge in [0.15, 0.2) is 15.0 Å². The van der Waals surface area contributed by atoms with E-state index in [4.69, 9.17) is 4.74 Å². The van der Waals surface area contributed by atoms with Gasteiger partial charge in [0, 0.05) is 10.4 Å². The number of methoxy groups -OCH3 is 1. The number of aromatic nitrogens is 1. The largest absolute Gasteiger partial charge is 0.497 e. The van der Waals surface area contributed by atoms with Crippen LogP contribution in [0.5, 0.6) is 5.75 Å². The van der Waals surface area contributed by atoms with Gasteiger partial charge in [-0.3, -0.25) is 4.79 Å². The van der Waals surface area contributed by atoms with Gasteiger partial charge in [0.05, 0.1) is 18.6 Å². The van der Waals surface area contributed by atoms with Gasteiger partial charge in [-0.05, 0) is 36.8 Å². The summed E-state index contributed by atoms with van der Waals surface area (Å²) < 4.78 is 29.7. The van der Waals surface area contributed by atoms with Gasteiger partial charge in [0.2, 0.25) is 5.91 Å². The van der Waals surface area contributed by atoms with Crippen molar-refractivity contribution in [3.8, 4) is 17.0 Å². The molecule has 3 rings (SSSR count). The van der Waals surface area contributed by atoms with E-state index >= 15 is 0 Å². The Morgan fingerprint density at radius 2 is 1.79 bits per heavy atom. The van der Waals surface area contributed by atoms with E-state index in [1.807, 2.05) is 37.3 Å². The Balaban J connectivity index is 1.67. The fourth-order valence-electron chi connectivity index (χ4n) is 2.70. The van der Waals surface area contributed by atoms with E-state index < -0.39 is 21.5 Å². The molecule has 0 fully saturated rings. The molecular weight excluding hydrogens is 396 g/mol. The van der Waals surface area contributed by atoms with Crippen LogP contribution >= 0.6 is 11.3 Å². The molecule has 0 radical (unpaired) electrons. The van der Waals surface area contributed by atoms with Crippen LogP contribution in [0.4, 0.5) is 5.13 Å². The molecule has 0 aliphatic carbocycles. The monoisotopic (exact) mass is 416 g/mol. The molecule has 3 aromatic rings. The molecule has 0 aliphatic rings. The first-order valence-corrected chi connectivity index (χ1v) is 11.2. The standard InChI is InChI=1S/C20H20N2O4S2/c1-14-19(16-8-10-17(26-2)11-9-16)22-20(27-14)21-18(23)13-28(24,25)12-15-6-4-3-5-7-15/h3-11H,12-13H2,1-2H3,(H,21,22,23). The van der Waals surface area contributed by atoms with Crippen molar-refractivity contribution < 1.29 is 17.9 Å². The highest BCUT2D eigenvalue weighted by molar-refractivity contribution is 7.91. The lowest BCUT2D eigenvalue weighted by atomic mass is 10.1. The van der Waals surface area contributed by atoms with Crippen LogP contribution < -0.4 is 10.1 Å². The molecule has 8 heteroatoms. The maximum Gasteiger partial charge on any atom is 0.241 e. The Hall–Kier alpha value is -2.71. The molecule has 146 valence electrons. The Morgan fingerprint density at radius 1 is 1.11 bits per heavy atom. The number of nitrogens with zero attached hydrogens (tertiary/aromatic N) is 1. The van der Waals surface area contributed by atoms with Crippen molar-refractivity contribution in [1.82, 2.24) is 4.98 Å². The zero-order chi connectivity index (χ0) is 20.1. The zero-order valence-corrected chi connectivity index (χ0v) is 17.1. The summed E-state index contributed by atoms with van der Waals surface area (Å²) in [5.41, 5.74) is 2.30. The summed E-state index contributed by atoms with van der Waals surface area (Å²) >= 11 is 1.31. The third kappa shape index (κ3) is 5.17. The van der Waals surface area contributed by atoms with Crippen LogP contribution in [-0.2, 0) is 20.4 Å². The molecule has 0 saturated carbocycles. The minimum atomic E-state index is -3.57. The zero-order valence-electron chi connectivity index (χ0n) is 15.5. The van der Waals surface area contributed by atoms with Gasteiger partial charge in [-0.1, -0.05) is 30.3 Å². The Morgan fingerprint density at radius 3 is 2.43 bits per heavy atom. The Labute approximate surface area is 168 Å². The second-order valence-electron chi connectivity index (χ2n) is 6.22. The van der Waals surface area contributed by atoms with Crippen molar-refractivity contribution in [3.05, 3.63) is 65.0 Å². The summed E-state index contributed by atoms with van der Waals surface area (Å²) in [4.78, 5) is 17.6. The first-order chi connectivity index (χ1) is 13.4. The highest BCUT2D eigenvalue weighted by Crippen LogP contribution is 2.31. The van der Waals surface area contributed by atoms with Gasteiger partial charge < -0.3 is 10.1 Å². The molecule has 0 unspecified atom stereocenters. The minimum Gasteiger partial charge on any atom is -0.497 e. The SMILES string of the molecule is COc1ccc(-c2nc(NC(=O)CS(=O)(=O)Cc3ccccc3)sc2C)cc1. The third-order valence-corrected chi connectivity index (χ3v) is 6.35. The molecule has 1 amide bonds. The number of amides is 1. The second kappa shape index (κ2) is 8.53. The van der Waals surface area contributed by atoms with Crippen molar-refractivity contribution in [2.75, 3.05) is 18.2 Å². The van der Waals surface area contributed by atoms with Gasteiger partial charge in [0.25, 0.3) is 0 Å². The van der Waals surface area contributed by atoms with Crippen LogP contribution in [0.3, 0.4) is 0 Å². The number of anilines is 1. The van der Waals surface area contributed by atoms with Crippen molar-refractivity contribution in [2.45, 2.75) is 12.7 Å². The average Bonchev–Trinajstić information content (AvgIpc) is 3.01. The minimum absolute atomic E-state index is 0.171. The number of benzene rings is 2. The number of aryl methyl sites for hydroxylation is 1. The molecule has 0 aliphatic heterocycles. The van der Waals surface area contributed by atoms with Crippen LogP contribution in [0.15, 0.2) is 54.6 Å². The molecule has 1 N–H and O–H groups in total. The van der Waals surface area contributed by atoms with Crippen LogP contribution in [-0.4, -0.2) is 32.2 Å². The van der Waals surface area contributed by atoms with Crippen LogP contribution in [0.2, 0.25) is 0 Å². The number of hydrogen-bond acceptors (Lipinski definition) is 6. The predicted octanol–water partition coefficient (Wildman–Crippen LogP) is 3.68. The topological polar surface area (TPSA) is 85.4 Å². The summed E-state index contributed by atoms with van der Waals surface area (Å²) in [6.45, 7) is 1.90. The normalized spacial score (nSPS) is 11.2. The number of thiazole rings is 1. The molecule has 0 spiro atoms. The van der Waals surface area contributed by atoms with Crippen molar-refractivity contribution >= 4 is 32.2 Å². The van der Waals surface area contributed by atoms with Crippen molar-refractivity contribution in [3.63, 3.8) is 0 Å². The maximum absolute atomic E-state index is 12.3. The molecule has 28 heavy (non-hydrogen) atoms. The van der Waals surface area contributed by atoms with Gasteiger partial charge in [0.1, 0.15) is 11.5 Å². The first-order valence-electron chi connectivity index (χ1n) is 8.52. The first kappa shape index (κ1) is 20.0. The molecule has 0 atom stereocenters. The van der Waals surface area contributed by atoms with E-state index in [-0.39, 0.29) is 5.75 Å². The van der Waals surface area contributed by atoms with Gasteiger partial charge >= 0.3 is 0 Å². The van der Waals surface area contributed by atoms with E-state index in [9.17, 15) is 13.2 Å². The van der Waals surface area contributed by atoms with Gasteiger partial charge in [-0.15, -0.1) is 11.3 Å². The molecule has 1 aromatic heterocycles. The molecule has 0 saturated heterocycles. The number of ether oxygens (including phenoxy) is 1. The highest BCUT2D eigenvalue weighted by atomic mass is 32.2. The summed E-state index contributed by atoms with van der Waals surface area (Å²) in [7, 11) is -1.97. The van der Waals surface area contributed by atoms with Crippen LogP contribution in [0, 0.1) is 6.92 Å². The summed E-state index contributed by atoms with van der Waals surface area (Å²) in [5, 5.41) is 2.98. The summed E-state index contributed by atoms with van der Waals surface area (Å²) in [5.74, 6) is -0.604. The summed E-state index contributed by atoms with van der Waals surface area (Å²) in [6, 6.07) is 16.2. The quantitative estimate of drug-likeness (QED) is 0.635. The molecule has 1 heterocycles. The predicted molar refractivity (Wildman–Crippen MR) is 111 cm³/mol. The third-order valence-electron chi connectivity index (χ3n) is 3.99. The fraction of sp³-hybridized carbons (Fsp3) is 0.200. The smallest absolute Gasteiger partial charge is 0.241 e. The van der Waals surface area contributed by atoms with Crippen LogP contribution in [0.25, 0.3) is 11.3 Å².